The molecule has 0 saturated heterocycles. The van der Waals surface area contributed by atoms with Crippen molar-refractivity contribution in [2.45, 2.75) is 5.41 Å². The Morgan fingerprint density at radius 3 is 1.57 bits per heavy atom. The first kappa shape index (κ1) is 41.6. The largest absolute Gasteiger partial charge is 0.456 e. The molecule has 11 aromatic carbocycles. The fourth-order valence-corrected chi connectivity index (χ4v) is 12.6. The Morgan fingerprint density at radius 1 is 0.267 bits per heavy atom. The van der Waals surface area contributed by atoms with E-state index in [-0.39, 0.29) is 0 Å². The van der Waals surface area contributed by atoms with Gasteiger partial charge in [-0.1, -0.05) is 206 Å². The topological polar surface area (TPSA) is 65.0 Å². The first-order valence-corrected chi connectivity index (χ1v) is 25.5. The van der Waals surface area contributed by atoms with Gasteiger partial charge in [0, 0.05) is 32.7 Å². The Morgan fingerprint density at radius 2 is 0.760 bits per heavy atom. The summed E-state index contributed by atoms with van der Waals surface area (Å²) in [6.07, 6.45) is 0. The number of hydrogen-bond acceptors (Lipinski definition) is 5. The molecule has 0 aliphatic heterocycles. The number of rotatable bonds is 6. The number of benzene rings is 11. The Kier molecular flexibility index (Phi) is 8.89. The van der Waals surface area contributed by atoms with Crippen molar-refractivity contribution in [1.82, 2.24) is 15.0 Å². The van der Waals surface area contributed by atoms with Gasteiger partial charge in [0.25, 0.3) is 0 Å². The van der Waals surface area contributed by atoms with Crippen LogP contribution in [0.15, 0.2) is 258 Å². The Bertz CT molecular complexity index is 4630. The fraction of sp³-hybridized carbons (Fsp3) is 0.0143. The third-order valence-electron chi connectivity index (χ3n) is 15.8. The second kappa shape index (κ2) is 16.0. The summed E-state index contributed by atoms with van der Waals surface area (Å²) in [5.74, 6) is 1.62. The lowest BCUT2D eigenvalue weighted by molar-refractivity contribution is 0.668. The van der Waals surface area contributed by atoms with Crippen LogP contribution < -0.4 is 0 Å². The third kappa shape index (κ3) is 6.10. The maximum absolute atomic E-state index is 6.68. The molecule has 16 rings (SSSR count). The molecule has 1 spiro atoms. The highest BCUT2D eigenvalue weighted by Gasteiger charge is 2.52. The molecule has 2 aliphatic rings. The van der Waals surface area contributed by atoms with E-state index in [0.29, 0.717) is 17.5 Å². The van der Waals surface area contributed by atoms with Crippen LogP contribution in [-0.2, 0) is 5.41 Å². The van der Waals surface area contributed by atoms with Gasteiger partial charge >= 0.3 is 0 Å². The van der Waals surface area contributed by atoms with E-state index < -0.39 is 5.41 Å². The zero-order chi connectivity index (χ0) is 49.2. The summed E-state index contributed by atoms with van der Waals surface area (Å²) in [5.41, 5.74) is 22.5. The van der Waals surface area contributed by atoms with Gasteiger partial charge in [0.1, 0.15) is 22.3 Å². The molecular weight excluding hydrogens is 915 g/mol. The van der Waals surface area contributed by atoms with Crippen molar-refractivity contribution in [3.63, 3.8) is 0 Å². The van der Waals surface area contributed by atoms with E-state index in [1.165, 1.54) is 50.1 Å². The van der Waals surface area contributed by atoms with E-state index in [2.05, 4.69) is 200 Å². The summed E-state index contributed by atoms with van der Waals surface area (Å²) in [6.45, 7) is 0. The molecule has 0 fully saturated rings. The van der Waals surface area contributed by atoms with E-state index >= 15 is 0 Å². The van der Waals surface area contributed by atoms with Crippen LogP contribution in [0.1, 0.15) is 22.3 Å². The first-order valence-electron chi connectivity index (χ1n) is 25.5. The highest BCUT2D eigenvalue weighted by atomic mass is 16.3. The lowest BCUT2D eigenvalue weighted by Crippen LogP contribution is -2.25. The Labute approximate surface area is 431 Å². The summed E-state index contributed by atoms with van der Waals surface area (Å²) in [5, 5.41) is 3.97. The zero-order valence-electron chi connectivity index (χ0n) is 40.3. The predicted molar refractivity (Wildman–Crippen MR) is 303 cm³/mol. The van der Waals surface area contributed by atoms with Crippen LogP contribution in [0.3, 0.4) is 0 Å². The van der Waals surface area contributed by atoms with E-state index in [9.17, 15) is 0 Å². The van der Waals surface area contributed by atoms with Crippen molar-refractivity contribution in [2.24, 2.45) is 0 Å². The molecule has 0 saturated carbocycles. The van der Waals surface area contributed by atoms with Crippen molar-refractivity contribution in [3.05, 3.63) is 271 Å². The average molecular weight is 956 g/mol. The molecule has 0 radical (unpaired) electrons. The minimum atomic E-state index is -0.412. The second-order valence-corrected chi connectivity index (χ2v) is 19.7. The number of para-hydroxylation sites is 2. The molecule has 3 heterocycles. The molecule has 2 aliphatic carbocycles. The molecule has 5 nitrogen and oxygen atoms in total. The lowest BCUT2D eigenvalue weighted by atomic mass is 9.70. The average Bonchev–Trinajstić information content (AvgIpc) is 4.32. The molecule has 0 amide bonds. The van der Waals surface area contributed by atoms with Crippen LogP contribution in [0.5, 0.6) is 0 Å². The first-order chi connectivity index (χ1) is 37.2. The minimum absolute atomic E-state index is 0.412. The van der Waals surface area contributed by atoms with Crippen LogP contribution in [0.2, 0.25) is 0 Å². The standard InChI is InChI=1S/C70H41N3O2/c1-2-17-42(18-3-1)43-19-13-22-47(40-43)67-71-68(73-69(72-67)55-30-14-28-52-51-25-7-11-35-61(51)75-66(52)55)54-29-16-36-63-65(54)56-41-45(37-38-62(56)74-63)44-20-12-21-46(39-44)48-27-15-34-60-64(48)53-26-6-10-33-59(53)70(60)57-31-8-4-23-49(57)50-24-5-9-32-58(50)70/h1-41H. The predicted octanol–water partition coefficient (Wildman–Crippen LogP) is 18.0. The van der Waals surface area contributed by atoms with Crippen LogP contribution >= 0.6 is 0 Å². The SMILES string of the molecule is c1ccc(-c2cccc(-c3nc(-c4cccc5c4oc4ccccc45)nc(-c4cccc5oc6ccc(-c7cccc(-c8cccc9c8-c8ccccc8C98c9ccccc9-c9ccccc98)c7)cc6c45)n3)c2)cc1. The summed E-state index contributed by atoms with van der Waals surface area (Å²) >= 11 is 0. The molecule has 3 aromatic heterocycles. The molecule has 14 aromatic rings. The highest BCUT2D eigenvalue weighted by Crippen LogP contribution is 2.64. The maximum atomic E-state index is 6.68. The van der Waals surface area contributed by atoms with Crippen molar-refractivity contribution in [3.8, 4) is 89.8 Å². The van der Waals surface area contributed by atoms with Crippen molar-refractivity contribution in [2.75, 3.05) is 0 Å². The number of aromatic nitrogens is 3. The number of nitrogens with zero attached hydrogens (tertiary/aromatic N) is 3. The van der Waals surface area contributed by atoms with Crippen LogP contribution in [0, 0.1) is 0 Å². The molecule has 0 unspecified atom stereocenters. The summed E-state index contributed by atoms with van der Waals surface area (Å²) in [4.78, 5) is 15.9. The minimum Gasteiger partial charge on any atom is -0.456 e. The number of fused-ring (bicyclic) bond motifs is 16. The van der Waals surface area contributed by atoms with Gasteiger partial charge in [-0.05, 0) is 120 Å². The highest BCUT2D eigenvalue weighted by molar-refractivity contribution is 6.13. The molecular formula is C70H41N3O2. The molecule has 75 heavy (non-hydrogen) atoms. The van der Waals surface area contributed by atoms with Crippen LogP contribution in [-0.4, -0.2) is 15.0 Å². The van der Waals surface area contributed by atoms with Gasteiger partial charge in [0.05, 0.1) is 11.0 Å². The van der Waals surface area contributed by atoms with Crippen molar-refractivity contribution < 1.29 is 8.83 Å². The van der Waals surface area contributed by atoms with Crippen LogP contribution in [0.4, 0.5) is 0 Å². The lowest BCUT2D eigenvalue weighted by Gasteiger charge is -2.30. The second-order valence-electron chi connectivity index (χ2n) is 19.7. The molecule has 0 N–H and O–H groups in total. The normalized spacial score (nSPS) is 12.9. The van der Waals surface area contributed by atoms with Gasteiger partial charge in [-0.15, -0.1) is 0 Å². The van der Waals surface area contributed by atoms with Gasteiger partial charge < -0.3 is 8.83 Å². The summed E-state index contributed by atoms with van der Waals surface area (Å²) in [7, 11) is 0. The molecule has 5 heteroatoms. The maximum Gasteiger partial charge on any atom is 0.167 e. The van der Waals surface area contributed by atoms with Gasteiger partial charge in [-0.25, -0.2) is 15.0 Å². The van der Waals surface area contributed by atoms with Crippen molar-refractivity contribution >= 4 is 43.9 Å². The Balaban J connectivity index is 0.856. The van der Waals surface area contributed by atoms with E-state index in [4.69, 9.17) is 23.8 Å². The van der Waals surface area contributed by atoms with Gasteiger partial charge in [0.15, 0.2) is 17.5 Å². The Hall–Kier alpha value is -9.97. The van der Waals surface area contributed by atoms with Gasteiger partial charge in [0.2, 0.25) is 0 Å². The molecule has 0 atom stereocenters. The third-order valence-corrected chi connectivity index (χ3v) is 15.8. The molecule has 348 valence electrons. The zero-order valence-corrected chi connectivity index (χ0v) is 40.3. The van der Waals surface area contributed by atoms with E-state index in [1.807, 2.05) is 48.5 Å². The summed E-state index contributed by atoms with van der Waals surface area (Å²) in [6, 6.07) is 88.7. The monoisotopic (exact) mass is 955 g/mol. The quantitative estimate of drug-likeness (QED) is 0.166. The van der Waals surface area contributed by atoms with Gasteiger partial charge in [-0.3, -0.25) is 0 Å². The van der Waals surface area contributed by atoms with E-state index in [0.717, 1.165) is 88.4 Å². The van der Waals surface area contributed by atoms with Crippen LogP contribution in [0.25, 0.3) is 134 Å². The number of hydrogen-bond donors (Lipinski definition) is 0. The molecule has 0 bridgehead atoms. The fourth-order valence-electron chi connectivity index (χ4n) is 12.6. The van der Waals surface area contributed by atoms with E-state index in [1.54, 1.807) is 0 Å². The van der Waals surface area contributed by atoms with Gasteiger partial charge in [-0.2, -0.15) is 0 Å². The number of furan rings is 2. The summed E-state index contributed by atoms with van der Waals surface area (Å²) < 4.78 is 13.3. The smallest absolute Gasteiger partial charge is 0.167 e. The van der Waals surface area contributed by atoms with Crippen molar-refractivity contribution in [1.29, 1.82) is 0 Å².